The maximum atomic E-state index is 4.82. The van der Waals surface area contributed by atoms with E-state index in [-0.39, 0.29) is 0 Å². The lowest BCUT2D eigenvalue weighted by molar-refractivity contribution is 0.0893. The van der Waals surface area contributed by atoms with Gasteiger partial charge in [0.05, 0.1) is 23.6 Å². The van der Waals surface area contributed by atoms with Gasteiger partial charge < -0.3 is 4.40 Å². The minimum Gasteiger partial charge on any atom is -0.305 e. The predicted molar refractivity (Wildman–Crippen MR) is 113 cm³/mol. The fraction of sp³-hybridized carbons (Fsp3) is 0.273. The average molecular weight is 390 g/mol. The van der Waals surface area contributed by atoms with Crippen LogP contribution in [0.15, 0.2) is 66.0 Å². The summed E-state index contributed by atoms with van der Waals surface area (Å²) in [6.07, 6.45) is 7.79. The maximum Gasteiger partial charge on any atom is 0.0996 e. The highest BCUT2D eigenvalue weighted by Gasteiger charge is 2.28. The zero-order valence-electron chi connectivity index (χ0n) is 15.9. The van der Waals surface area contributed by atoms with Crippen LogP contribution in [0.1, 0.15) is 17.3 Å². The van der Waals surface area contributed by atoms with E-state index in [0.29, 0.717) is 6.04 Å². The third-order valence-corrected chi connectivity index (χ3v) is 6.32. The number of nitrogens with zero attached hydrogens (tertiary/aromatic N) is 5. The van der Waals surface area contributed by atoms with Gasteiger partial charge in [0.15, 0.2) is 0 Å². The zero-order chi connectivity index (χ0) is 18.9. The van der Waals surface area contributed by atoms with Crippen LogP contribution in [0.4, 0.5) is 0 Å². The molecule has 6 heteroatoms. The smallest absolute Gasteiger partial charge is 0.0996 e. The van der Waals surface area contributed by atoms with Crippen LogP contribution in [0.2, 0.25) is 0 Å². The standard InChI is InChI=1S/C22H23N5S/c1-25-8-9-26(12-17-6-10-28-15-17)14-21(25)22-20-5-4-19(13-27(20)16-24-22)18-3-2-7-23-11-18/h2-7,10-11,13,15-16,21H,8-9,12,14H2,1H3. The van der Waals surface area contributed by atoms with Gasteiger partial charge in [-0.3, -0.25) is 14.8 Å². The Bertz CT molecular complexity index is 1060. The minimum atomic E-state index is 0.307. The topological polar surface area (TPSA) is 36.7 Å². The van der Waals surface area contributed by atoms with Crippen LogP contribution in [0.3, 0.4) is 0 Å². The number of pyridine rings is 2. The van der Waals surface area contributed by atoms with Crippen LogP contribution < -0.4 is 0 Å². The van der Waals surface area contributed by atoms with Crippen LogP contribution in [-0.4, -0.2) is 50.9 Å². The highest BCUT2D eigenvalue weighted by Crippen LogP contribution is 2.29. The molecule has 1 atom stereocenters. The SMILES string of the molecule is CN1CCN(Cc2ccsc2)CC1c1ncn2cc(-c3cccnc3)ccc12. The molecule has 0 bridgehead atoms. The van der Waals surface area contributed by atoms with Crippen molar-refractivity contribution in [3.8, 4) is 11.1 Å². The monoisotopic (exact) mass is 389 g/mol. The van der Waals surface area contributed by atoms with E-state index in [4.69, 9.17) is 4.98 Å². The number of rotatable bonds is 4. The molecule has 1 fully saturated rings. The van der Waals surface area contributed by atoms with Crippen molar-refractivity contribution in [3.05, 3.63) is 77.3 Å². The first-order valence-electron chi connectivity index (χ1n) is 9.58. The summed E-state index contributed by atoms with van der Waals surface area (Å²) >= 11 is 1.77. The molecule has 0 aromatic carbocycles. The number of likely N-dealkylation sites (N-methyl/N-ethyl adjacent to an activating group) is 1. The summed E-state index contributed by atoms with van der Waals surface area (Å²) in [4.78, 5) is 14.0. The first-order chi connectivity index (χ1) is 13.8. The fourth-order valence-electron chi connectivity index (χ4n) is 3.99. The summed E-state index contributed by atoms with van der Waals surface area (Å²) in [6.45, 7) is 4.18. The number of imidazole rings is 1. The van der Waals surface area contributed by atoms with E-state index < -0.39 is 0 Å². The maximum absolute atomic E-state index is 4.82. The van der Waals surface area contributed by atoms with Gasteiger partial charge in [-0.15, -0.1) is 0 Å². The summed E-state index contributed by atoms with van der Waals surface area (Å²) in [6, 6.07) is 11.0. The van der Waals surface area contributed by atoms with Gasteiger partial charge in [-0.2, -0.15) is 11.3 Å². The van der Waals surface area contributed by atoms with Crippen LogP contribution >= 0.6 is 11.3 Å². The number of piperazine rings is 1. The van der Waals surface area contributed by atoms with Crippen LogP contribution in [0.25, 0.3) is 16.6 Å². The Kier molecular flexibility index (Phi) is 4.68. The molecule has 1 unspecified atom stereocenters. The highest BCUT2D eigenvalue weighted by molar-refractivity contribution is 7.07. The quantitative estimate of drug-likeness (QED) is 0.530. The van der Waals surface area contributed by atoms with Gasteiger partial charge in [0, 0.05) is 50.3 Å². The number of fused-ring (bicyclic) bond motifs is 1. The first-order valence-corrected chi connectivity index (χ1v) is 10.5. The molecule has 5 heterocycles. The molecular weight excluding hydrogens is 366 g/mol. The van der Waals surface area contributed by atoms with E-state index >= 15 is 0 Å². The normalized spacial score (nSPS) is 18.7. The lowest BCUT2D eigenvalue weighted by Gasteiger charge is -2.38. The Labute approximate surface area is 168 Å². The van der Waals surface area contributed by atoms with Crippen molar-refractivity contribution >= 4 is 16.9 Å². The zero-order valence-corrected chi connectivity index (χ0v) is 16.7. The molecule has 0 radical (unpaired) electrons. The molecule has 1 saturated heterocycles. The molecule has 0 amide bonds. The molecule has 28 heavy (non-hydrogen) atoms. The average Bonchev–Trinajstić information content (AvgIpc) is 3.39. The minimum absolute atomic E-state index is 0.307. The van der Waals surface area contributed by atoms with Crippen molar-refractivity contribution in [2.45, 2.75) is 12.6 Å². The molecule has 0 spiro atoms. The summed E-state index contributed by atoms with van der Waals surface area (Å²) in [7, 11) is 2.21. The molecule has 0 saturated carbocycles. The predicted octanol–water partition coefficient (Wildman–Crippen LogP) is 3.95. The lowest BCUT2D eigenvalue weighted by Crippen LogP contribution is -2.46. The second-order valence-electron chi connectivity index (χ2n) is 7.44. The van der Waals surface area contributed by atoms with Gasteiger partial charge >= 0.3 is 0 Å². The lowest BCUT2D eigenvalue weighted by atomic mass is 10.1. The Hall–Kier alpha value is -2.54. The summed E-state index contributed by atoms with van der Waals surface area (Å²) in [5.74, 6) is 0. The second-order valence-corrected chi connectivity index (χ2v) is 8.22. The summed E-state index contributed by atoms with van der Waals surface area (Å²) in [5, 5.41) is 4.41. The van der Waals surface area contributed by atoms with E-state index in [9.17, 15) is 0 Å². The van der Waals surface area contributed by atoms with Crippen LogP contribution in [0.5, 0.6) is 0 Å². The molecular formula is C22H23N5S. The molecule has 4 aromatic heterocycles. The van der Waals surface area contributed by atoms with E-state index in [1.807, 2.05) is 18.6 Å². The number of aromatic nitrogens is 3. The Morgan fingerprint density at radius 3 is 2.93 bits per heavy atom. The van der Waals surface area contributed by atoms with E-state index in [2.05, 4.69) is 67.5 Å². The highest BCUT2D eigenvalue weighted by atomic mass is 32.1. The van der Waals surface area contributed by atoms with E-state index in [1.54, 1.807) is 17.5 Å². The summed E-state index contributed by atoms with van der Waals surface area (Å²) < 4.78 is 2.14. The molecule has 5 rings (SSSR count). The van der Waals surface area contributed by atoms with Gasteiger partial charge in [-0.05, 0) is 47.1 Å². The van der Waals surface area contributed by atoms with Crippen molar-refractivity contribution in [1.82, 2.24) is 24.2 Å². The molecule has 142 valence electrons. The Morgan fingerprint density at radius 1 is 1.14 bits per heavy atom. The van der Waals surface area contributed by atoms with Gasteiger partial charge in [0.1, 0.15) is 0 Å². The first kappa shape index (κ1) is 17.6. The fourth-order valence-corrected chi connectivity index (χ4v) is 4.65. The number of thiophene rings is 1. The molecule has 0 aliphatic carbocycles. The van der Waals surface area contributed by atoms with Gasteiger partial charge in [-0.1, -0.05) is 12.1 Å². The van der Waals surface area contributed by atoms with Gasteiger partial charge in [0.25, 0.3) is 0 Å². The molecule has 5 nitrogen and oxygen atoms in total. The number of hydrogen-bond donors (Lipinski definition) is 0. The Morgan fingerprint density at radius 2 is 2.11 bits per heavy atom. The Balaban J connectivity index is 1.43. The molecule has 4 aromatic rings. The van der Waals surface area contributed by atoms with Crippen LogP contribution in [-0.2, 0) is 6.54 Å². The summed E-state index contributed by atoms with van der Waals surface area (Å²) in [5.41, 5.74) is 6.03. The van der Waals surface area contributed by atoms with Crippen molar-refractivity contribution in [2.75, 3.05) is 26.7 Å². The van der Waals surface area contributed by atoms with Gasteiger partial charge in [-0.25, -0.2) is 4.98 Å². The van der Waals surface area contributed by atoms with E-state index in [1.165, 1.54) is 11.1 Å². The molecule has 1 aliphatic heterocycles. The van der Waals surface area contributed by atoms with E-state index in [0.717, 1.165) is 43.0 Å². The molecule has 1 aliphatic rings. The third-order valence-electron chi connectivity index (χ3n) is 5.59. The van der Waals surface area contributed by atoms with Crippen molar-refractivity contribution in [1.29, 1.82) is 0 Å². The molecule has 0 N–H and O–H groups in total. The van der Waals surface area contributed by atoms with Gasteiger partial charge in [0.2, 0.25) is 0 Å². The van der Waals surface area contributed by atoms with Crippen molar-refractivity contribution in [3.63, 3.8) is 0 Å². The van der Waals surface area contributed by atoms with Crippen molar-refractivity contribution in [2.24, 2.45) is 0 Å². The van der Waals surface area contributed by atoms with Crippen molar-refractivity contribution < 1.29 is 0 Å². The number of hydrogen-bond acceptors (Lipinski definition) is 5. The second kappa shape index (κ2) is 7.47. The largest absolute Gasteiger partial charge is 0.305 e. The van der Waals surface area contributed by atoms with Crippen LogP contribution in [0, 0.1) is 0 Å². The third kappa shape index (κ3) is 3.35.